The Morgan fingerprint density at radius 1 is 1.09 bits per heavy atom. The standard InChI is InChI=1S/C24H32Cl2N6O.ClH/c1-32(2)22-16-9-4-6-12-19(16)29-23(31-22)28-18-11-5-3-8-15(18)14-27-24(33)30-20-13-7-10-17(25)21(20)26;/h7,10,13,15,18H,3-6,8-9,11-12,14H2,1-2H3,(H2,27,30,33)(H,28,29,31);1H. The number of nitrogens with one attached hydrogen (secondary N) is 3. The quantitative estimate of drug-likeness (QED) is 0.433. The van der Waals surface area contributed by atoms with E-state index in [-0.39, 0.29) is 24.5 Å². The predicted octanol–water partition coefficient (Wildman–Crippen LogP) is 5.94. The van der Waals surface area contributed by atoms with Gasteiger partial charge in [-0.15, -0.1) is 12.4 Å². The molecule has 2 amide bonds. The topological polar surface area (TPSA) is 82.2 Å². The lowest BCUT2D eigenvalue weighted by Crippen LogP contribution is -2.42. The number of rotatable bonds is 6. The van der Waals surface area contributed by atoms with Crippen molar-refractivity contribution < 1.29 is 4.79 Å². The van der Waals surface area contributed by atoms with Gasteiger partial charge < -0.3 is 20.9 Å². The molecule has 186 valence electrons. The first kappa shape index (κ1) is 26.6. The zero-order chi connectivity index (χ0) is 23.4. The minimum atomic E-state index is -0.289. The summed E-state index contributed by atoms with van der Waals surface area (Å²) in [6.07, 6.45) is 8.82. The van der Waals surface area contributed by atoms with Crippen LogP contribution in [0.1, 0.15) is 49.8 Å². The number of aromatic nitrogens is 2. The summed E-state index contributed by atoms with van der Waals surface area (Å²) in [5.41, 5.74) is 2.96. The van der Waals surface area contributed by atoms with Crippen LogP contribution in [0.5, 0.6) is 0 Å². The zero-order valence-corrected chi connectivity index (χ0v) is 22.0. The molecule has 34 heavy (non-hydrogen) atoms. The fourth-order valence-corrected chi connectivity index (χ4v) is 5.15. The minimum Gasteiger partial charge on any atom is -0.362 e. The molecule has 0 bridgehead atoms. The first-order valence-electron chi connectivity index (χ1n) is 11.7. The van der Waals surface area contributed by atoms with E-state index in [0.29, 0.717) is 34.1 Å². The van der Waals surface area contributed by atoms with Gasteiger partial charge in [-0.2, -0.15) is 4.98 Å². The van der Waals surface area contributed by atoms with Crippen molar-refractivity contribution in [2.45, 2.75) is 57.4 Å². The van der Waals surface area contributed by atoms with Crippen LogP contribution in [0.25, 0.3) is 0 Å². The Balaban J connectivity index is 0.00000324. The molecule has 0 saturated heterocycles. The van der Waals surface area contributed by atoms with Gasteiger partial charge >= 0.3 is 6.03 Å². The third kappa shape index (κ3) is 6.37. The van der Waals surface area contributed by atoms with Crippen molar-refractivity contribution in [3.05, 3.63) is 39.5 Å². The summed E-state index contributed by atoms with van der Waals surface area (Å²) in [4.78, 5) is 24.3. The van der Waals surface area contributed by atoms with Crippen molar-refractivity contribution in [2.75, 3.05) is 36.2 Å². The van der Waals surface area contributed by atoms with E-state index in [2.05, 4.69) is 20.9 Å². The second kappa shape index (κ2) is 12.1. The Kier molecular flexibility index (Phi) is 9.51. The summed E-state index contributed by atoms with van der Waals surface area (Å²) in [5.74, 6) is 2.01. The van der Waals surface area contributed by atoms with Gasteiger partial charge in [0.05, 0.1) is 21.4 Å². The van der Waals surface area contributed by atoms with Gasteiger partial charge in [0.25, 0.3) is 0 Å². The maximum absolute atomic E-state index is 12.5. The van der Waals surface area contributed by atoms with Crippen LogP contribution in [0.3, 0.4) is 0 Å². The first-order valence-corrected chi connectivity index (χ1v) is 12.5. The van der Waals surface area contributed by atoms with Crippen molar-refractivity contribution in [2.24, 2.45) is 5.92 Å². The number of benzene rings is 1. The smallest absolute Gasteiger partial charge is 0.319 e. The van der Waals surface area contributed by atoms with Crippen LogP contribution in [-0.4, -0.2) is 42.7 Å². The minimum absolute atomic E-state index is 0. The van der Waals surface area contributed by atoms with Crippen molar-refractivity contribution in [1.82, 2.24) is 15.3 Å². The number of amides is 2. The van der Waals surface area contributed by atoms with Crippen molar-refractivity contribution >= 4 is 59.1 Å². The lowest BCUT2D eigenvalue weighted by Gasteiger charge is -2.33. The Bertz CT molecular complexity index is 1000. The monoisotopic (exact) mass is 526 g/mol. The van der Waals surface area contributed by atoms with Gasteiger partial charge in [0.15, 0.2) is 0 Å². The largest absolute Gasteiger partial charge is 0.362 e. The average Bonchev–Trinajstić information content (AvgIpc) is 2.81. The van der Waals surface area contributed by atoms with E-state index in [1.165, 1.54) is 24.1 Å². The molecule has 2 aliphatic rings. The molecule has 7 nitrogen and oxygen atoms in total. The number of nitrogens with zero attached hydrogens (tertiary/aromatic N) is 3. The summed E-state index contributed by atoms with van der Waals surface area (Å²) in [7, 11) is 4.08. The molecule has 10 heteroatoms. The Labute approximate surface area is 217 Å². The van der Waals surface area contributed by atoms with E-state index in [1.807, 2.05) is 14.1 Å². The van der Waals surface area contributed by atoms with Crippen molar-refractivity contribution in [3.8, 4) is 0 Å². The van der Waals surface area contributed by atoms with Crippen LogP contribution in [-0.2, 0) is 12.8 Å². The van der Waals surface area contributed by atoms with Crippen molar-refractivity contribution in [1.29, 1.82) is 0 Å². The van der Waals surface area contributed by atoms with Crippen molar-refractivity contribution in [3.63, 3.8) is 0 Å². The molecule has 0 spiro atoms. The highest BCUT2D eigenvalue weighted by molar-refractivity contribution is 6.43. The lowest BCUT2D eigenvalue weighted by molar-refractivity contribution is 0.245. The average molecular weight is 528 g/mol. The van der Waals surface area contributed by atoms with E-state index in [1.54, 1.807) is 18.2 Å². The summed E-state index contributed by atoms with van der Waals surface area (Å²) >= 11 is 12.2. The van der Waals surface area contributed by atoms with Crippen LogP contribution in [0.15, 0.2) is 18.2 Å². The van der Waals surface area contributed by atoms with E-state index in [9.17, 15) is 4.79 Å². The molecule has 2 unspecified atom stereocenters. The fourth-order valence-electron chi connectivity index (χ4n) is 4.81. The molecule has 2 aliphatic carbocycles. The maximum Gasteiger partial charge on any atom is 0.319 e. The van der Waals surface area contributed by atoms with E-state index >= 15 is 0 Å². The van der Waals surface area contributed by atoms with Gasteiger partial charge in [-0.3, -0.25) is 0 Å². The summed E-state index contributed by atoms with van der Waals surface area (Å²) in [5, 5.41) is 10.2. The highest BCUT2D eigenvalue weighted by Crippen LogP contribution is 2.31. The van der Waals surface area contributed by atoms with E-state index < -0.39 is 0 Å². The molecule has 0 aliphatic heterocycles. The maximum atomic E-state index is 12.5. The first-order chi connectivity index (χ1) is 15.9. The Morgan fingerprint density at radius 3 is 2.65 bits per heavy atom. The number of hydrogen-bond donors (Lipinski definition) is 3. The molecule has 0 radical (unpaired) electrons. The van der Waals surface area contributed by atoms with Gasteiger partial charge in [-0.1, -0.05) is 42.1 Å². The fraction of sp³-hybridized carbons (Fsp3) is 0.542. The number of carbonyl (C=O) groups excluding carboxylic acids is 1. The second-order valence-electron chi connectivity index (χ2n) is 9.13. The molecule has 2 atom stereocenters. The lowest BCUT2D eigenvalue weighted by atomic mass is 9.84. The number of anilines is 3. The summed E-state index contributed by atoms with van der Waals surface area (Å²) in [6.45, 7) is 0.563. The van der Waals surface area contributed by atoms with Crippen LogP contribution in [0.4, 0.5) is 22.2 Å². The van der Waals surface area contributed by atoms with Crippen LogP contribution >= 0.6 is 35.6 Å². The number of halogens is 3. The number of fused-ring (bicyclic) bond motifs is 1. The van der Waals surface area contributed by atoms with Crippen LogP contribution in [0, 0.1) is 5.92 Å². The molecule has 4 rings (SSSR count). The zero-order valence-electron chi connectivity index (χ0n) is 19.7. The Hall–Kier alpha value is -1.96. The molecule has 1 aromatic heterocycles. The van der Waals surface area contributed by atoms with Gasteiger partial charge in [0.2, 0.25) is 5.95 Å². The third-order valence-corrected chi connectivity index (χ3v) is 7.35. The molecule has 1 heterocycles. The van der Waals surface area contributed by atoms with Gasteiger partial charge in [-0.25, -0.2) is 9.78 Å². The third-order valence-electron chi connectivity index (χ3n) is 6.53. The molecule has 1 saturated carbocycles. The van der Waals surface area contributed by atoms with Crippen LogP contribution < -0.4 is 20.9 Å². The molecule has 1 aromatic carbocycles. The van der Waals surface area contributed by atoms with Gasteiger partial charge in [-0.05, 0) is 56.6 Å². The number of carbonyl (C=O) groups is 1. The SMILES string of the molecule is CN(C)c1nc(NC2CCCCC2CNC(=O)Nc2cccc(Cl)c2Cl)nc2c1CCCC2.Cl. The summed E-state index contributed by atoms with van der Waals surface area (Å²) in [6, 6.07) is 5.10. The van der Waals surface area contributed by atoms with E-state index in [4.69, 9.17) is 33.2 Å². The number of urea groups is 1. The molecule has 3 N–H and O–H groups in total. The molecule has 2 aromatic rings. The highest BCUT2D eigenvalue weighted by atomic mass is 35.5. The number of aryl methyl sites for hydroxylation is 1. The summed E-state index contributed by atoms with van der Waals surface area (Å²) < 4.78 is 0. The van der Waals surface area contributed by atoms with E-state index in [0.717, 1.165) is 44.3 Å². The normalized spacial score (nSPS) is 19.4. The van der Waals surface area contributed by atoms with Gasteiger partial charge in [0, 0.05) is 32.2 Å². The highest BCUT2D eigenvalue weighted by Gasteiger charge is 2.27. The molecular formula is C24H33Cl3N6O. The number of hydrogen-bond acceptors (Lipinski definition) is 5. The molecule has 1 fully saturated rings. The molecular weight excluding hydrogens is 495 g/mol. The van der Waals surface area contributed by atoms with Gasteiger partial charge in [0.1, 0.15) is 5.82 Å². The Morgan fingerprint density at radius 2 is 1.85 bits per heavy atom. The van der Waals surface area contributed by atoms with Crippen LogP contribution in [0.2, 0.25) is 10.0 Å². The predicted molar refractivity (Wildman–Crippen MR) is 143 cm³/mol. The second-order valence-corrected chi connectivity index (χ2v) is 9.91.